The molecule has 0 aromatic carbocycles. The summed E-state index contributed by atoms with van der Waals surface area (Å²) in [5, 5.41) is 8.45. The summed E-state index contributed by atoms with van der Waals surface area (Å²) in [6.45, 7) is 2.78. The number of aliphatic carboxylic acids is 1. The summed E-state index contributed by atoms with van der Waals surface area (Å²) in [4.78, 5) is 19.5. The molecule has 0 spiro atoms. The van der Waals surface area contributed by atoms with Gasteiger partial charge in [-0.05, 0) is 6.92 Å². The van der Waals surface area contributed by atoms with Crippen LogP contribution in [0, 0.1) is 5.92 Å². The molecule has 3 atom stereocenters. The predicted molar refractivity (Wildman–Crippen MR) is 45.1 cm³/mol. The number of nitrogens with two attached hydrogens (primary N) is 1. The molecule has 1 unspecified atom stereocenters. The maximum absolute atomic E-state index is 11.2. The van der Waals surface area contributed by atoms with Crippen LogP contribution in [-0.2, 0) is 9.36 Å². The van der Waals surface area contributed by atoms with Gasteiger partial charge in [0.05, 0.1) is 11.7 Å². The zero-order valence-electron chi connectivity index (χ0n) is 7.10. The smallest absolute Gasteiger partial charge is 0.306 e. The van der Waals surface area contributed by atoms with E-state index in [9.17, 15) is 14.3 Å². The molecule has 4 N–H and O–H groups in total. The molecule has 5 nitrogen and oxygen atoms in total. The van der Waals surface area contributed by atoms with Gasteiger partial charge < -0.3 is 15.7 Å². The van der Waals surface area contributed by atoms with Gasteiger partial charge in [-0.25, -0.2) is 0 Å². The van der Waals surface area contributed by atoms with Crippen molar-refractivity contribution in [1.29, 1.82) is 0 Å². The Balaban J connectivity index is 4.25. The van der Waals surface area contributed by atoms with Crippen molar-refractivity contribution in [3.8, 4) is 0 Å². The molecule has 72 valence electrons. The van der Waals surface area contributed by atoms with Crippen molar-refractivity contribution in [2.24, 2.45) is 11.7 Å². The first-order valence-corrected chi connectivity index (χ1v) is 5.48. The molecule has 0 radical (unpaired) electrons. The molecular weight excluding hydrogens is 181 g/mol. The fraction of sp³-hybridized carbons (Fsp3) is 0.833. The molecule has 0 aliphatic heterocycles. The van der Waals surface area contributed by atoms with Gasteiger partial charge in [0.2, 0.25) is 7.37 Å². The van der Waals surface area contributed by atoms with Crippen LogP contribution in [0.1, 0.15) is 13.8 Å². The van der Waals surface area contributed by atoms with E-state index in [1.165, 1.54) is 13.8 Å². The van der Waals surface area contributed by atoms with Crippen LogP contribution in [-0.4, -0.2) is 27.9 Å². The number of carboxylic acids is 1. The van der Waals surface area contributed by atoms with Gasteiger partial charge in [0.25, 0.3) is 0 Å². The molecule has 0 aliphatic rings. The standard InChI is InChI=1S/C6H14NO4P/c1-4(6(8)9)3-12(10,11)5(2)7/h4-5H,3,7H2,1-2H3,(H,8,9)(H,10,11)/t4-,5+/m0/s1. The molecule has 0 saturated heterocycles. The number of hydrogen-bond donors (Lipinski definition) is 3. The minimum absolute atomic E-state index is 0.264. The lowest BCUT2D eigenvalue weighted by atomic mass is 10.2. The van der Waals surface area contributed by atoms with Crippen LogP contribution in [0.2, 0.25) is 0 Å². The minimum atomic E-state index is -3.48. The lowest BCUT2D eigenvalue weighted by Gasteiger charge is -2.16. The summed E-state index contributed by atoms with van der Waals surface area (Å²) in [6.07, 6.45) is -0.264. The van der Waals surface area contributed by atoms with E-state index >= 15 is 0 Å². The molecule has 6 heteroatoms. The van der Waals surface area contributed by atoms with Crippen LogP contribution in [0.3, 0.4) is 0 Å². The van der Waals surface area contributed by atoms with Gasteiger partial charge in [-0.15, -0.1) is 0 Å². The molecule has 0 saturated carbocycles. The number of hydrogen-bond acceptors (Lipinski definition) is 3. The van der Waals surface area contributed by atoms with Gasteiger partial charge in [-0.2, -0.15) is 0 Å². The Morgan fingerprint density at radius 1 is 1.58 bits per heavy atom. The summed E-state index contributed by atoms with van der Waals surface area (Å²) in [5.41, 5.74) is 5.21. The van der Waals surface area contributed by atoms with Crippen molar-refractivity contribution in [3.05, 3.63) is 0 Å². The Labute approximate surface area is 71.0 Å². The van der Waals surface area contributed by atoms with E-state index in [-0.39, 0.29) is 6.16 Å². The zero-order chi connectivity index (χ0) is 9.94. The van der Waals surface area contributed by atoms with E-state index in [4.69, 9.17) is 10.8 Å². The second-order valence-corrected chi connectivity index (χ2v) is 5.61. The molecule has 0 aliphatic carbocycles. The molecule has 0 heterocycles. The van der Waals surface area contributed by atoms with Crippen molar-refractivity contribution in [2.45, 2.75) is 19.6 Å². The Morgan fingerprint density at radius 3 is 2.25 bits per heavy atom. The number of carboxylic acid groups (broad SMARTS) is 1. The highest BCUT2D eigenvalue weighted by Gasteiger charge is 2.28. The van der Waals surface area contributed by atoms with E-state index in [1.807, 2.05) is 0 Å². The first-order chi connectivity index (χ1) is 5.27. The highest BCUT2D eigenvalue weighted by molar-refractivity contribution is 7.58. The normalized spacial score (nSPS) is 21.0. The topological polar surface area (TPSA) is 101 Å². The molecule has 0 fully saturated rings. The summed E-state index contributed by atoms with van der Waals surface area (Å²) in [5.74, 6) is -2.77. The molecule has 0 bridgehead atoms. The number of rotatable bonds is 4. The SMILES string of the molecule is C[C@H](N)P(=O)(O)C[C@H](C)C(=O)O. The Bertz CT molecular complexity index is 216. The fourth-order valence-electron chi connectivity index (χ4n) is 0.637. The van der Waals surface area contributed by atoms with Gasteiger partial charge in [-0.1, -0.05) is 6.92 Å². The Hall–Kier alpha value is -0.380. The Morgan fingerprint density at radius 2 is 2.00 bits per heavy atom. The van der Waals surface area contributed by atoms with E-state index < -0.39 is 25.0 Å². The highest BCUT2D eigenvalue weighted by atomic mass is 31.2. The molecule has 12 heavy (non-hydrogen) atoms. The minimum Gasteiger partial charge on any atom is -0.481 e. The maximum Gasteiger partial charge on any atom is 0.306 e. The average molecular weight is 195 g/mol. The van der Waals surface area contributed by atoms with E-state index in [1.54, 1.807) is 0 Å². The van der Waals surface area contributed by atoms with Crippen LogP contribution in [0.15, 0.2) is 0 Å². The summed E-state index contributed by atoms with van der Waals surface area (Å²) in [6, 6.07) is 0. The first-order valence-electron chi connectivity index (χ1n) is 3.57. The largest absolute Gasteiger partial charge is 0.481 e. The van der Waals surface area contributed by atoms with Crippen LogP contribution >= 0.6 is 7.37 Å². The van der Waals surface area contributed by atoms with Crippen molar-refractivity contribution >= 4 is 13.3 Å². The molecular formula is C6H14NO4P. The molecule has 0 aromatic heterocycles. The van der Waals surface area contributed by atoms with Crippen molar-refractivity contribution in [3.63, 3.8) is 0 Å². The second kappa shape index (κ2) is 4.03. The zero-order valence-corrected chi connectivity index (χ0v) is 7.99. The monoisotopic (exact) mass is 195 g/mol. The van der Waals surface area contributed by atoms with Gasteiger partial charge >= 0.3 is 5.97 Å². The Kier molecular flexibility index (Phi) is 3.90. The van der Waals surface area contributed by atoms with Crippen LogP contribution in [0.25, 0.3) is 0 Å². The van der Waals surface area contributed by atoms with Crippen molar-refractivity contribution in [2.75, 3.05) is 6.16 Å². The van der Waals surface area contributed by atoms with Crippen LogP contribution in [0.4, 0.5) is 0 Å². The van der Waals surface area contributed by atoms with E-state index in [0.717, 1.165) is 0 Å². The first kappa shape index (κ1) is 11.6. The molecule has 0 aromatic rings. The van der Waals surface area contributed by atoms with E-state index in [2.05, 4.69) is 0 Å². The predicted octanol–water partition coefficient (Wildman–Crippen LogP) is 0.282. The summed E-state index contributed by atoms with van der Waals surface area (Å²) >= 11 is 0. The fourth-order valence-corrected chi connectivity index (χ4v) is 1.91. The van der Waals surface area contributed by atoms with Crippen LogP contribution in [0.5, 0.6) is 0 Å². The lowest BCUT2D eigenvalue weighted by Crippen LogP contribution is -2.22. The highest BCUT2D eigenvalue weighted by Crippen LogP contribution is 2.45. The second-order valence-electron chi connectivity index (χ2n) is 2.92. The quantitative estimate of drug-likeness (QED) is 0.559. The maximum atomic E-state index is 11.2. The van der Waals surface area contributed by atoms with Gasteiger partial charge in [0.1, 0.15) is 0 Å². The third-order valence-electron chi connectivity index (χ3n) is 1.59. The van der Waals surface area contributed by atoms with Crippen molar-refractivity contribution in [1.82, 2.24) is 0 Å². The third kappa shape index (κ3) is 3.34. The van der Waals surface area contributed by atoms with Gasteiger partial charge in [-0.3, -0.25) is 9.36 Å². The average Bonchev–Trinajstić information content (AvgIpc) is 1.85. The molecule has 0 rings (SSSR count). The van der Waals surface area contributed by atoms with Crippen LogP contribution < -0.4 is 5.73 Å². The third-order valence-corrected chi connectivity index (χ3v) is 3.94. The molecule has 0 amide bonds. The van der Waals surface area contributed by atoms with Crippen molar-refractivity contribution < 1.29 is 19.4 Å². The van der Waals surface area contributed by atoms with Gasteiger partial charge in [0.15, 0.2) is 0 Å². The lowest BCUT2D eigenvalue weighted by molar-refractivity contribution is -0.140. The summed E-state index contributed by atoms with van der Waals surface area (Å²) in [7, 11) is -3.48. The van der Waals surface area contributed by atoms with Gasteiger partial charge in [0, 0.05) is 6.16 Å². The summed E-state index contributed by atoms with van der Waals surface area (Å²) < 4.78 is 11.2. The van der Waals surface area contributed by atoms with E-state index in [0.29, 0.717) is 0 Å². The number of carbonyl (C=O) groups is 1.